The molecule has 7 nitrogen and oxygen atoms in total. The predicted molar refractivity (Wildman–Crippen MR) is 98.6 cm³/mol. The van der Waals surface area contributed by atoms with Crippen molar-refractivity contribution >= 4 is 23.4 Å². The number of fused-ring (bicyclic) bond motifs is 1. The van der Waals surface area contributed by atoms with Gasteiger partial charge in [-0.05, 0) is 44.2 Å². The van der Waals surface area contributed by atoms with Crippen molar-refractivity contribution in [3.8, 4) is 0 Å². The third kappa shape index (κ3) is 3.81. The molecule has 0 spiro atoms. The van der Waals surface area contributed by atoms with Gasteiger partial charge in [-0.25, -0.2) is 0 Å². The monoisotopic (exact) mass is 358 g/mol. The normalized spacial score (nSPS) is 25.7. The molecule has 3 amide bonds. The summed E-state index contributed by atoms with van der Waals surface area (Å²) in [6, 6.07) is 7.08. The van der Waals surface area contributed by atoms with Crippen LogP contribution in [0.1, 0.15) is 44.1 Å². The molecule has 1 fully saturated rings. The Morgan fingerprint density at radius 1 is 1.31 bits per heavy atom. The molecule has 2 heterocycles. The quantitative estimate of drug-likeness (QED) is 0.734. The molecule has 1 aromatic rings. The topological polar surface area (TPSA) is 105 Å². The Hall–Kier alpha value is -2.57. The minimum atomic E-state index is -0.473. The maximum Gasteiger partial charge on any atom is 0.242 e. The van der Waals surface area contributed by atoms with Crippen LogP contribution in [0.2, 0.25) is 0 Å². The molecule has 2 aliphatic heterocycles. The smallest absolute Gasteiger partial charge is 0.242 e. The van der Waals surface area contributed by atoms with E-state index < -0.39 is 6.04 Å². The van der Waals surface area contributed by atoms with Crippen LogP contribution in [0.4, 0.5) is 5.69 Å². The molecule has 2 aliphatic rings. The van der Waals surface area contributed by atoms with Crippen LogP contribution < -0.4 is 21.3 Å². The van der Waals surface area contributed by atoms with Gasteiger partial charge in [0.15, 0.2) is 0 Å². The highest BCUT2D eigenvalue weighted by molar-refractivity contribution is 5.91. The number of carbonyl (C=O) groups is 3. The molecule has 3 atom stereocenters. The zero-order valence-corrected chi connectivity index (χ0v) is 15.0. The fraction of sp³-hybridized carbons (Fsp3) is 0.526. The fourth-order valence-electron chi connectivity index (χ4n) is 3.86. The lowest BCUT2D eigenvalue weighted by molar-refractivity contribution is -0.128. The van der Waals surface area contributed by atoms with E-state index in [9.17, 15) is 14.4 Å². The van der Waals surface area contributed by atoms with Crippen molar-refractivity contribution in [2.75, 3.05) is 18.0 Å². The van der Waals surface area contributed by atoms with E-state index in [4.69, 9.17) is 5.73 Å². The first-order chi connectivity index (χ1) is 12.5. The number of anilines is 1. The van der Waals surface area contributed by atoms with Crippen LogP contribution in [0.15, 0.2) is 24.3 Å². The van der Waals surface area contributed by atoms with Gasteiger partial charge < -0.3 is 21.3 Å². The summed E-state index contributed by atoms with van der Waals surface area (Å²) >= 11 is 0. The van der Waals surface area contributed by atoms with Crippen LogP contribution in [0.5, 0.6) is 0 Å². The van der Waals surface area contributed by atoms with Gasteiger partial charge in [-0.2, -0.15) is 0 Å². The maximum absolute atomic E-state index is 12.6. The zero-order valence-electron chi connectivity index (χ0n) is 15.0. The Balaban J connectivity index is 1.74. The number of rotatable bonds is 4. The van der Waals surface area contributed by atoms with Crippen molar-refractivity contribution in [1.29, 1.82) is 0 Å². The largest absolute Gasteiger partial charge is 0.369 e. The number of amides is 3. The van der Waals surface area contributed by atoms with E-state index in [1.165, 1.54) is 0 Å². The van der Waals surface area contributed by atoms with Gasteiger partial charge in [0.2, 0.25) is 17.7 Å². The molecule has 26 heavy (non-hydrogen) atoms. The summed E-state index contributed by atoms with van der Waals surface area (Å²) in [6.07, 6.45) is 3.08. The van der Waals surface area contributed by atoms with Crippen LogP contribution in [-0.2, 0) is 14.4 Å². The summed E-state index contributed by atoms with van der Waals surface area (Å²) in [5.74, 6) is -0.986. The van der Waals surface area contributed by atoms with Gasteiger partial charge >= 0.3 is 0 Å². The molecule has 0 radical (unpaired) electrons. The van der Waals surface area contributed by atoms with E-state index >= 15 is 0 Å². The molecule has 1 aromatic carbocycles. The molecule has 0 unspecified atom stereocenters. The average Bonchev–Trinajstić information content (AvgIpc) is 2.81. The Labute approximate surface area is 153 Å². The van der Waals surface area contributed by atoms with Crippen molar-refractivity contribution in [2.24, 2.45) is 5.73 Å². The van der Waals surface area contributed by atoms with E-state index in [2.05, 4.69) is 10.6 Å². The van der Waals surface area contributed by atoms with Gasteiger partial charge in [0, 0.05) is 18.3 Å². The Kier molecular flexibility index (Phi) is 5.44. The first-order valence-electron chi connectivity index (χ1n) is 9.19. The lowest BCUT2D eigenvalue weighted by atomic mass is 9.85. The number of hydrogen-bond donors (Lipinski definition) is 3. The van der Waals surface area contributed by atoms with E-state index in [1.807, 2.05) is 36.1 Å². The molecule has 0 aliphatic carbocycles. The summed E-state index contributed by atoms with van der Waals surface area (Å²) in [4.78, 5) is 38.4. The van der Waals surface area contributed by atoms with E-state index in [1.54, 1.807) is 0 Å². The Bertz CT molecular complexity index is 706. The minimum absolute atomic E-state index is 0.00360. The second-order valence-electron chi connectivity index (χ2n) is 7.13. The molecule has 0 bridgehead atoms. The number of hydrogen-bond acceptors (Lipinski definition) is 4. The number of benzene rings is 1. The highest BCUT2D eigenvalue weighted by Crippen LogP contribution is 2.37. The van der Waals surface area contributed by atoms with Gasteiger partial charge in [0.1, 0.15) is 6.04 Å². The number of primary amides is 1. The lowest BCUT2D eigenvalue weighted by Crippen LogP contribution is -2.51. The van der Waals surface area contributed by atoms with Gasteiger partial charge in [0.25, 0.3) is 0 Å². The molecule has 0 aromatic heterocycles. The van der Waals surface area contributed by atoms with Crippen LogP contribution in [0, 0.1) is 0 Å². The van der Waals surface area contributed by atoms with Gasteiger partial charge in [-0.1, -0.05) is 18.2 Å². The van der Waals surface area contributed by atoms with Crippen LogP contribution in [0.3, 0.4) is 0 Å². The fourth-order valence-corrected chi connectivity index (χ4v) is 3.86. The summed E-state index contributed by atoms with van der Waals surface area (Å²) < 4.78 is 0. The summed E-state index contributed by atoms with van der Waals surface area (Å²) in [5, 5.41) is 5.68. The van der Waals surface area contributed by atoms with E-state index in [-0.39, 0.29) is 36.2 Å². The molecule has 1 saturated heterocycles. The lowest BCUT2D eigenvalue weighted by Gasteiger charge is -2.39. The van der Waals surface area contributed by atoms with Gasteiger partial charge in [-0.15, -0.1) is 0 Å². The molecule has 3 rings (SSSR count). The van der Waals surface area contributed by atoms with Crippen molar-refractivity contribution in [3.05, 3.63) is 29.8 Å². The SMILES string of the molecule is C[C@@H]1C[C@@H](C(N)=O)c2ccccc2N1CC(=O)N[C@@H]1CCCCNC1=O. The maximum atomic E-state index is 12.6. The average molecular weight is 358 g/mol. The number of nitrogens with zero attached hydrogens (tertiary/aromatic N) is 1. The van der Waals surface area contributed by atoms with E-state index in [0.29, 0.717) is 19.4 Å². The minimum Gasteiger partial charge on any atom is -0.369 e. The van der Waals surface area contributed by atoms with E-state index in [0.717, 1.165) is 24.1 Å². The standard InChI is InChI=1S/C19H26N4O3/c1-12-10-14(18(20)25)13-6-2-3-8-16(13)23(12)11-17(24)22-15-7-4-5-9-21-19(15)26/h2-3,6,8,12,14-15H,4-5,7,9-11H2,1H3,(H2,20,25)(H,21,26)(H,22,24)/t12-,14-,15-/m1/s1. The first-order valence-corrected chi connectivity index (χ1v) is 9.19. The summed E-state index contributed by atoms with van der Waals surface area (Å²) in [6.45, 7) is 2.79. The van der Waals surface area contributed by atoms with Crippen LogP contribution in [-0.4, -0.2) is 42.9 Å². The first kappa shape index (κ1) is 18.2. The van der Waals surface area contributed by atoms with Crippen molar-refractivity contribution in [2.45, 2.75) is 50.6 Å². The molecule has 140 valence electrons. The molecular formula is C19H26N4O3. The van der Waals surface area contributed by atoms with Crippen LogP contribution in [0.25, 0.3) is 0 Å². The third-order valence-corrected chi connectivity index (χ3v) is 5.26. The predicted octanol–water partition coefficient (Wildman–Crippen LogP) is 0.639. The Morgan fingerprint density at radius 2 is 2.08 bits per heavy atom. The summed E-state index contributed by atoms with van der Waals surface area (Å²) in [5.41, 5.74) is 7.28. The zero-order chi connectivity index (χ0) is 18.7. The van der Waals surface area contributed by atoms with Gasteiger partial charge in [0.05, 0.1) is 12.5 Å². The molecule has 4 N–H and O–H groups in total. The third-order valence-electron chi connectivity index (χ3n) is 5.26. The highest BCUT2D eigenvalue weighted by atomic mass is 16.2. The number of para-hydroxylation sites is 1. The van der Waals surface area contributed by atoms with Crippen molar-refractivity contribution < 1.29 is 14.4 Å². The number of carbonyl (C=O) groups excluding carboxylic acids is 3. The van der Waals surface area contributed by atoms with Crippen LogP contribution >= 0.6 is 0 Å². The highest BCUT2D eigenvalue weighted by Gasteiger charge is 2.34. The number of nitrogens with one attached hydrogen (secondary N) is 2. The molecule has 7 heteroatoms. The summed E-state index contributed by atoms with van der Waals surface area (Å²) in [7, 11) is 0. The second kappa shape index (κ2) is 7.76. The van der Waals surface area contributed by atoms with Crippen molar-refractivity contribution in [3.63, 3.8) is 0 Å². The van der Waals surface area contributed by atoms with Crippen molar-refractivity contribution in [1.82, 2.24) is 10.6 Å². The number of nitrogens with two attached hydrogens (primary N) is 1. The molecule has 0 saturated carbocycles. The second-order valence-corrected chi connectivity index (χ2v) is 7.13. The Morgan fingerprint density at radius 3 is 2.85 bits per heavy atom. The molecular weight excluding hydrogens is 332 g/mol. The van der Waals surface area contributed by atoms with Gasteiger partial charge in [-0.3, -0.25) is 14.4 Å².